The van der Waals surface area contributed by atoms with Crippen molar-refractivity contribution in [3.8, 4) is 5.75 Å². The molecule has 5 nitrogen and oxygen atoms in total. The Morgan fingerprint density at radius 1 is 1.07 bits per heavy atom. The summed E-state index contributed by atoms with van der Waals surface area (Å²) in [5, 5.41) is 1.26. The number of aryl methyl sites for hydroxylation is 1. The van der Waals surface area contributed by atoms with E-state index in [1.54, 1.807) is 18.5 Å². The maximum atomic E-state index is 11.1. The number of anilines is 1. The molecule has 0 atom stereocenters. The van der Waals surface area contributed by atoms with Gasteiger partial charge < -0.3 is 14.4 Å². The minimum atomic E-state index is 0.230. The molecule has 0 N–H and O–H groups in total. The van der Waals surface area contributed by atoms with Gasteiger partial charge in [-0.25, -0.2) is 0 Å². The average Bonchev–Trinajstić information content (AvgIpc) is 3.18. The van der Waals surface area contributed by atoms with Crippen LogP contribution >= 0.6 is 11.5 Å². The third-order valence-electron chi connectivity index (χ3n) is 5.40. The number of aromatic nitrogens is 1. The number of carbonyl (C=O) groups excluding carboxylic acids is 1. The molecular weight excluding hydrogens is 382 g/mol. The number of carbonyl (C=O) groups is 1. The molecule has 0 amide bonds. The maximum Gasteiger partial charge on any atom is 0.150 e. The first-order valence-electron chi connectivity index (χ1n) is 10.2. The number of rotatable bonds is 8. The van der Waals surface area contributed by atoms with Gasteiger partial charge in [0.05, 0.1) is 4.70 Å². The molecule has 0 radical (unpaired) electrons. The fourth-order valence-corrected chi connectivity index (χ4v) is 4.44. The van der Waals surface area contributed by atoms with Crippen molar-refractivity contribution in [1.29, 1.82) is 0 Å². The zero-order valence-electron chi connectivity index (χ0n) is 16.8. The van der Waals surface area contributed by atoms with Crippen molar-refractivity contribution in [1.82, 2.24) is 9.27 Å². The molecule has 1 saturated heterocycles. The molecule has 0 aliphatic carbocycles. The molecule has 1 aliphatic rings. The quantitative estimate of drug-likeness (QED) is 0.562. The Kier molecular flexibility index (Phi) is 6.42. The lowest BCUT2D eigenvalue weighted by Crippen LogP contribution is -2.47. The molecule has 0 saturated carbocycles. The van der Waals surface area contributed by atoms with Gasteiger partial charge in [0.1, 0.15) is 24.0 Å². The van der Waals surface area contributed by atoms with Gasteiger partial charge in [-0.05, 0) is 54.7 Å². The van der Waals surface area contributed by atoms with Gasteiger partial charge in [0, 0.05) is 44.5 Å². The van der Waals surface area contributed by atoms with Crippen LogP contribution in [0.5, 0.6) is 5.75 Å². The number of hydrogen-bond acceptors (Lipinski definition) is 6. The third-order valence-corrected chi connectivity index (χ3v) is 6.21. The van der Waals surface area contributed by atoms with Crippen LogP contribution in [0.4, 0.5) is 5.82 Å². The Hall–Kier alpha value is -2.44. The molecular formula is C23H27N3O2S. The largest absolute Gasteiger partial charge is 0.492 e. The van der Waals surface area contributed by atoms with Crippen LogP contribution in [0.1, 0.15) is 18.9 Å². The number of nitrogens with zero attached hydrogens (tertiary/aromatic N) is 3. The first-order valence-corrected chi connectivity index (χ1v) is 11.0. The summed E-state index contributed by atoms with van der Waals surface area (Å²) in [4.78, 5) is 15.9. The van der Waals surface area contributed by atoms with Gasteiger partial charge in [-0.15, -0.1) is 0 Å². The van der Waals surface area contributed by atoms with Crippen molar-refractivity contribution in [3.05, 3.63) is 54.1 Å². The minimum Gasteiger partial charge on any atom is -0.492 e. The van der Waals surface area contributed by atoms with Crippen molar-refractivity contribution < 1.29 is 9.53 Å². The van der Waals surface area contributed by atoms with E-state index in [0.29, 0.717) is 13.0 Å². The molecule has 1 aliphatic heterocycles. The number of piperazine rings is 1. The van der Waals surface area contributed by atoms with E-state index in [2.05, 4.69) is 50.6 Å². The highest BCUT2D eigenvalue weighted by Crippen LogP contribution is 2.29. The second-order valence-electron chi connectivity index (χ2n) is 7.53. The molecule has 1 fully saturated rings. The van der Waals surface area contributed by atoms with E-state index in [0.717, 1.165) is 50.7 Å². The Morgan fingerprint density at radius 2 is 1.83 bits per heavy atom. The van der Waals surface area contributed by atoms with Crippen LogP contribution in [-0.2, 0) is 11.2 Å². The Morgan fingerprint density at radius 3 is 2.59 bits per heavy atom. The first-order chi connectivity index (χ1) is 14.2. The molecule has 152 valence electrons. The average molecular weight is 410 g/mol. The lowest BCUT2D eigenvalue weighted by molar-refractivity contribution is -0.116. The number of ether oxygens (including phenoxy) is 1. The minimum absolute atomic E-state index is 0.230. The zero-order valence-corrected chi connectivity index (χ0v) is 17.7. The molecule has 29 heavy (non-hydrogen) atoms. The van der Waals surface area contributed by atoms with E-state index in [1.807, 2.05) is 12.1 Å². The van der Waals surface area contributed by atoms with Crippen molar-refractivity contribution >= 4 is 33.2 Å². The van der Waals surface area contributed by atoms with Crippen LogP contribution in [0.2, 0.25) is 0 Å². The number of fused-ring (bicyclic) bond motifs is 1. The van der Waals surface area contributed by atoms with Gasteiger partial charge in [-0.3, -0.25) is 4.90 Å². The van der Waals surface area contributed by atoms with Gasteiger partial charge in [0.25, 0.3) is 0 Å². The van der Waals surface area contributed by atoms with Gasteiger partial charge >= 0.3 is 0 Å². The van der Waals surface area contributed by atoms with Crippen LogP contribution in [0, 0.1) is 0 Å². The second kappa shape index (κ2) is 9.37. The predicted molar refractivity (Wildman–Crippen MR) is 119 cm³/mol. The molecule has 2 aromatic carbocycles. The van der Waals surface area contributed by atoms with Crippen LogP contribution in [0.25, 0.3) is 10.1 Å². The second-order valence-corrected chi connectivity index (χ2v) is 8.33. The topological polar surface area (TPSA) is 45.7 Å². The summed E-state index contributed by atoms with van der Waals surface area (Å²) in [5.74, 6) is 2.25. The van der Waals surface area contributed by atoms with Gasteiger partial charge in [-0.2, -0.15) is 4.37 Å². The van der Waals surface area contributed by atoms with E-state index < -0.39 is 0 Å². The SMILES string of the molecule is CC(=O)CCc1ccc(OCCN2CCN(c3nsc4ccccc34)CC2)cc1. The number of benzene rings is 2. The van der Waals surface area contributed by atoms with Gasteiger partial charge in [0.2, 0.25) is 0 Å². The summed E-state index contributed by atoms with van der Waals surface area (Å²) in [7, 11) is 0. The summed E-state index contributed by atoms with van der Waals surface area (Å²) in [6.07, 6.45) is 1.40. The normalized spacial score (nSPS) is 15.0. The fourth-order valence-electron chi connectivity index (χ4n) is 3.65. The van der Waals surface area contributed by atoms with E-state index in [1.165, 1.54) is 15.6 Å². The van der Waals surface area contributed by atoms with E-state index in [-0.39, 0.29) is 5.78 Å². The number of hydrogen-bond donors (Lipinski definition) is 0. The maximum absolute atomic E-state index is 11.1. The molecule has 0 spiro atoms. The Bertz CT molecular complexity index is 946. The van der Waals surface area contributed by atoms with Crippen LogP contribution < -0.4 is 9.64 Å². The lowest BCUT2D eigenvalue weighted by atomic mass is 10.1. The van der Waals surface area contributed by atoms with E-state index in [9.17, 15) is 4.79 Å². The van der Waals surface area contributed by atoms with Gasteiger partial charge in [0.15, 0.2) is 0 Å². The van der Waals surface area contributed by atoms with E-state index in [4.69, 9.17) is 4.74 Å². The highest BCUT2D eigenvalue weighted by molar-refractivity contribution is 7.13. The van der Waals surface area contributed by atoms with Crippen LogP contribution in [-0.4, -0.2) is 54.4 Å². The Balaban J connectivity index is 1.21. The summed E-state index contributed by atoms with van der Waals surface area (Å²) >= 11 is 1.58. The van der Waals surface area contributed by atoms with Crippen molar-refractivity contribution in [3.63, 3.8) is 0 Å². The summed E-state index contributed by atoms with van der Waals surface area (Å²) in [6, 6.07) is 16.6. The Labute approximate surface area is 176 Å². The van der Waals surface area contributed by atoms with Crippen molar-refractivity contribution in [2.45, 2.75) is 19.8 Å². The number of Topliss-reactive ketones (excluding diaryl/α,β-unsaturated/α-hetero) is 1. The summed E-state index contributed by atoms with van der Waals surface area (Å²) in [6.45, 7) is 7.30. The predicted octanol–water partition coefficient (Wildman–Crippen LogP) is 4.02. The van der Waals surface area contributed by atoms with Gasteiger partial charge in [-0.1, -0.05) is 24.3 Å². The molecule has 0 unspecified atom stereocenters. The third kappa shape index (κ3) is 5.14. The summed E-state index contributed by atoms with van der Waals surface area (Å²) < 4.78 is 11.8. The highest BCUT2D eigenvalue weighted by atomic mass is 32.1. The monoisotopic (exact) mass is 409 g/mol. The summed E-state index contributed by atoms with van der Waals surface area (Å²) in [5.41, 5.74) is 1.18. The smallest absolute Gasteiger partial charge is 0.150 e. The molecule has 3 aromatic rings. The lowest BCUT2D eigenvalue weighted by Gasteiger charge is -2.34. The standard InChI is InChI=1S/C23H27N3O2S/c1-18(27)6-7-19-8-10-20(11-9-19)28-17-16-25-12-14-26(15-13-25)23-21-4-2-3-5-22(21)29-24-23/h2-5,8-11H,6-7,12-17H2,1H3. The zero-order chi connectivity index (χ0) is 20.1. The van der Waals surface area contributed by atoms with E-state index >= 15 is 0 Å². The van der Waals surface area contributed by atoms with Crippen molar-refractivity contribution in [2.75, 3.05) is 44.2 Å². The van der Waals surface area contributed by atoms with Crippen LogP contribution in [0.3, 0.4) is 0 Å². The fraction of sp³-hybridized carbons (Fsp3) is 0.391. The molecule has 6 heteroatoms. The van der Waals surface area contributed by atoms with Crippen LogP contribution in [0.15, 0.2) is 48.5 Å². The molecule has 4 rings (SSSR count). The van der Waals surface area contributed by atoms with Crippen molar-refractivity contribution in [2.24, 2.45) is 0 Å². The molecule has 2 heterocycles. The number of ketones is 1. The first kappa shape index (κ1) is 19.9. The molecule has 0 bridgehead atoms. The molecule has 1 aromatic heterocycles. The highest BCUT2D eigenvalue weighted by Gasteiger charge is 2.20.